The van der Waals surface area contributed by atoms with Crippen molar-refractivity contribution in [2.45, 2.75) is 11.5 Å². The maximum absolute atomic E-state index is 6.28. The molecule has 0 bridgehead atoms. The third-order valence-corrected chi connectivity index (χ3v) is 9.42. The Kier molecular flexibility index (Phi) is 7.39. The second-order valence-electron chi connectivity index (χ2n) is 12.5. The van der Waals surface area contributed by atoms with E-state index in [1.54, 1.807) is 0 Å². The zero-order chi connectivity index (χ0) is 32.5. The number of hydrogen-bond donors (Lipinski definition) is 4. The van der Waals surface area contributed by atoms with E-state index in [-0.39, 0.29) is 5.92 Å². The second-order valence-corrected chi connectivity index (χ2v) is 12.5. The summed E-state index contributed by atoms with van der Waals surface area (Å²) in [6.07, 6.45) is 4.55. The minimum absolute atomic E-state index is 0.177. The number of nitrogens with two attached hydrogens (primary N) is 2. The van der Waals surface area contributed by atoms with Crippen molar-refractivity contribution in [1.29, 1.82) is 0 Å². The van der Waals surface area contributed by atoms with Crippen molar-refractivity contribution in [3.63, 3.8) is 0 Å². The van der Waals surface area contributed by atoms with Crippen molar-refractivity contribution >= 4 is 49.9 Å². The number of rotatable bonds is 7. The predicted octanol–water partition coefficient (Wildman–Crippen LogP) is 10.3. The Balaban J connectivity index is 1.37. The van der Waals surface area contributed by atoms with Gasteiger partial charge in [0.1, 0.15) is 0 Å². The van der Waals surface area contributed by atoms with Crippen molar-refractivity contribution in [1.82, 2.24) is 0 Å². The summed E-state index contributed by atoms with van der Waals surface area (Å²) in [5.74, 6) is -0.177. The Morgan fingerprint density at radius 3 is 1.69 bits per heavy atom. The lowest BCUT2D eigenvalue weighted by Gasteiger charge is -2.45. The number of anilines is 4. The van der Waals surface area contributed by atoms with E-state index in [0.29, 0.717) is 0 Å². The molecule has 7 aromatic carbocycles. The van der Waals surface area contributed by atoms with Crippen LogP contribution in [0.2, 0.25) is 0 Å². The molecule has 0 aliphatic heterocycles. The third kappa shape index (κ3) is 5.44. The highest BCUT2D eigenvalue weighted by molar-refractivity contribution is 5.90. The minimum atomic E-state index is -0.675. The van der Waals surface area contributed by atoms with Gasteiger partial charge < -0.3 is 22.1 Å². The molecule has 0 saturated carbocycles. The van der Waals surface area contributed by atoms with Gasteiger partial charge in [0, 0.05) is 34.4 Å². The van der Waals surface area contributed by atoms with Gasteiger partial charge in [0.2, 0.25) is 0 Å². The van der Waals surface area contributed by atoms with Gasteiger partial charge in [-0.05, 0) is 98.4 Å². The van der Waals surface area contributed by atoms with Crippen molar-refractivity contribution < 1.29 is 0 Å². The monoisotopic (exact) mass is 620 g/mol. The lowest BCUT2D eigenvalue weighted by molar-refractivity contribution is 0.550. The molecule has 48 heavy (non-hydrogen) atoms. The lowest BCUT2D eigenvalue weighted by Crippen LogP contribution is -2.42. The zero-order valence-electron chi connectivity index (χ0n) is 26.5. The molecule has 0 amide bonds. The molecule has 2 atom stereocenters. The highest BCUT2D eigenvalue weighted by atomic mass is 15.0. The van der Waals surface area contributed by atoms with E-state index in [4.69, 9.17) is 11.5 Å². The predicted molar refractivity (Wildman–Crippen MR) is 204 cm³/mol. The Bertz CT molecular complexity index is 2300. The second kappa shape index (κ2) is 12.2. The number of allylic oxidation sites excluding steroid dienone is 1. The van der Waals surface area contributed by atoms with Gasteiger partial charge in [0.15, 0.2) is 0 Å². The van der Waals surface area contributed by atoms with Gasteiger partial charge >= 0.3 is 0 Å². The molecular formula is C44H36N4. The molecule has 4 heteroatoms. The molecule has 0 aromatic heterocycles. The fraction of sp³-hybridized carbons (Fsp3) is 0.0455. The van der Waals surface area contributed by atoms with E-state index >= 15 is 0 Å². The molecule has 1 aliphatic carbocycles. The molecule has 0 fully saturated rings. The van der Waals surface area contributed by atoms with E-state index in [2.05, 4.69) is 162 Å². The van der Waals surface area contributed by atoms with Crippen LogP contribution in [0, 0.1) is 0 Å². The summed E-state index contributed by atoms with van der Waals surface area (Å²) in [5.41, 5.74) is 20.9. The molecule has 4 nitrogen and oxygen atoms in total. The van der Waals surface area contributed by atoms with Gasteiger partial charge in [-0.15, -0.1) is 0 Å². The summed E-state index contributed by atoms with van der Waals surface area (Å²) >= 11 is 0. The number of nitrogen functional groups attached to an aromatic ring is 2. The topological polar surface area (TPSA) is 76.1 Å². The summed E-state index contributed by atoms with van der Waals surface area (Å²) in [4.78, 5) is 0. The van der Waals surface area contributed by atoms with Gasteiger partial charge in [0.25, 0.3) is 0 Å². The van der Waals surface area contributed by atoms with Crippen LogP contribution in [-0.4, -0.2) is 0 Å². The first-order chi connectivity index (χ1) is 23.6. The van der Waals surface area contributed by atoms with Crippen molar-refractivity contribution in [2.75, 3.05) is 22.1 Å². The lowest BCUT2D eigenvalue weighted by atomic mass is 9.66. The van der Waals surface area contributed by atoms with Gasteiger partial charge in [-0.25, -0.2) is 0 Å². The van der Waals surface area contributed by atoms with Crippen LogP contribution in [-0.2, 0) is 5.54 Å². The smallest absolute Gasteiger partial charge is 0.0924 e. The quantitative estimate of drug-likeness (QED) is 0.134. The number of benzene rings is 7. The fourth-order valence-corrected chi connectivity index (χ4v) is 7.09. The minimum Gasteiger partial charge on any atom is -0.399 e. The van der Waals surface area contributed by atoms with Crippen LogP contribution in [0.1, 0.15) is 22.6 Å². The van der Waals surface area contributed by atoms with E-state index in [9.17, 15) is 0 Å². The van der Waals surface area contributed by atoms with Crippen LogP contribution in [0.25, 0.3) is 27.1 Å². The number of nitrogens with one attached hydrogen (secondary N) is 2. The first-order valence-electron chi connectivity index (χ1n) is 16.3. The largest absolute Gasteiger partial charge is 0.399 e. The molecule has 0 spiro atoms. The summed E-state index contributed by atoms with van der Waals surface area (Å²) in [6, 6.07) is 57.3. The molecule has 0 heterocycles. The molecule has 0 saturated heterocycles. The highest BCUT2D eigenvalue weighted by Gasteiger charge is 2.45. The van der Waals surface area contributed by atoms with Crippen LogP contribution in [0.5, 0.6) is 0 Å². The normalized spacial score (nSPS) is 17.5. The van der Waals surface area contributed by atoms with Crippen molar-refractivity contribution in [2.24, 2.45) is 0 Å². The van der Waals surface area contributed by atoms with Gasteiger partial charge in [0.05, 0.1) is 5.54 Å². The van der Waals surface area contributed by atoms with E-state index in [0.717, 1.165) is 50.7 Å². The van der Waals surface area contributed by atoms with Crippen LogP contribution in [0.4, 0.5) is 22.7 Å². The third-order valence-electron chi connectivity index (χ3n) is 9.42. The van der Waals surface area contributed by atoms with Crippen LogP contribution >= 0.6 is 0 Å². The zero-order valence-corrected chi connectivity index (χ0v) is 26.5. The first-order valence-corrected chi connectivity index (χ1v) is 16.3. The Hall–Kier alpha value is -6.26. The van der Waals surface area contributed by atoms with Gasteiger partial charge in [-0.3, -0.25) is 0 Å². The highest BCUT2D eigenvalue weighted by Crippen LogP contribution is 2.52. The molecule has 232 valence electrons. The van der Waals surface area contributed by atoms with Crippen molar-refractivity contribution in [3.05, 3.63) is 198 Å². The molecule has 8 rings (SSSR count). The van der Waals surface area contributed by atoms with Gasteiger partial charge in [-0.1, -0.05) is 121 Å². The first kappa shape index (κ1) is 29.2. The van der Waals surface area contributed by atoms with E-state index in [1.165, 1.54) is 21.5 Å². The molecule has 2 unspecified atom stereocenters. The fourth-order valence-electron chi connectivity index (χ4n) is 7.09. The van der Waals surface area contributed by atoms with Crippen LogP contribution < -0.4 is 22.1 Å². The van der Waals surface area contributed by atoms with Crippen LogP contribution in [0.3, 0.4) is 0 Å². The Morgan fingerprint density at radius 1 is 0.500 bits per heavy atom. The number of hydrogen-bond acceptors (Lipinski definition) is 4. The number of fused-ring (bicyclic) bond motifs is 2. The summed E-state index contributed by atoms with van der Waals surface area (Å²) < 4.78 is 0. The maximum Gasteiger partial charge on any atom is 0.0924 e. The summed E-state index contributed by atoms with van der Waals surface area (Å²) in [6.45, 7) is 0. The molecule has 0 radical (unpaired) electrons. The summed E-state index contributed by atoms with van der Waals surface area (Å²) in [5, 5.41) is 12.7. The SMILES string of the molecule is Nc1ccc(C2=C(Nc3ccc4ccccc4c3)C=CC(Nc3ccc4ccccc4c3)(c3ccccc3)C2c2ccc(N)cc2)cc1. The van der Waals surface area contributed by atoms with Crippen molar-refractivity contribution in [3.8, 4) is 0 Å². The molecule has 6 N–H and O–H groups in total. The standard InChI is InChI=1S/C44H36N4/c45-37-20-14-32(15-21-37)42-41(47-39-24-18-30-8-4-6-10-34(30)28-39)26-27-44(36-12-2-1-3-13-36,43(42)33-16-22-38(46)23-17-33)48-40-25-19-31-9-5-7-11-35(31)29-40/h1-29,43,47-48H,45-46H2. The maximum atomic E-state index is 6.28. The van der Waals surface area contributed by atoms with E-state index < -0.39 is 5.54 Å². The summed E-state index contributed by atoms with van der Waals surface area (Å²) in [7, 11) is 0. The Labute approximate surface area is 281 Å². The average molecular weight is 621 g/mol. The Morgan fingerprint density at radius 2 is 1.04 bits per heavy atom. The van der Waals surface area contributed by atoms with Gasteiger partial charge in [-0.2, -0.15) is 0 Å². The molecule has 7 aromatic rings. The molecular weight excluding hydrogens is 585 g/mol. The average Bonchev–Trinajstić information content (AvgIpc) is 3.13. The van der Waals surface area contributed by atoms with E-state index in [1.807, 2.05) is 24.3 Å². The molecule has 1 aliphatic rings. The van der Waals surface area contributed by atoms with Crippen LogP contribution in [0.15, 0.2) is 182 Å².